The van der Waals surface area contributed by atoms with Crippen molar-refractivity contribution in [3.8, 4) is 0 Å². The van der Waals surface area contributed by atoms with Crippen LogP contribution in [0.1, 0.15) is 29.8 Å². The van der Waals surface area contributed by atoms with Crippen LogP contribution in [0.3, 0.4) is 0 Å². The third-order valence-electron chi connectivity index (χ3n) is 3.56. The van der Waals surface area contributed by atoms with E-state index < -0.39 is 10.9 Å². The van der Waals surface area contributed by atoms with Gasteiger partial charge in [0.2, 0.25) is 0 Å². The average Bonchev–Trinajstić information content (AvgIpc) is 2.36. The highest BCUT2D eigenvalue weighted by Gasteiger charge is 2.27. The van der Waals surface area contributed by atoms with E-state index in [-0.39, 0.29) is 23.5 Å². The number of carbonyl (C=O) groups is 1. The summed E-state index contributed by atoms with van der Waals surface area (Å²) in [5.74, 6) is -1.17. The molecule has 1 fully saturated rings. The Labute approximate surface area is 122 Å². The molecule has 7 heteroatoms. The maximum atomic E-state index is 11.2. The van der Waals surface area contributed by atoms with Gasteiger partial charge in [0.15, 0.2) is 0 Å². The second-order valence-corrected chi connectivity index (χ2v) is 5.36. The predicted molar refractivity (Wildman–Crippen MR) is 77.0 cm³/mol. The molecule has 2 atom stereocenters. The minimum atomic E-state index is -1.17. The minimum Gasteiger partial charge on any atom is -0.478 e. The van der Waals surface area contributed by atoms with Gasteiger partial charge in [0.05, 0.1) is 28.3 Å². The van der Waals surface area contributed by atoms with E-state index in [0.29, 0.717) is 24.3 Å². The third kappa shape index (κ3) is 3.13. The van der Waals surface area contributed by atoms with E-state index in [1.165, 1.54) is 6.07 Å². The number of benzene rings is 1. The molecule has 0 amide bonds. The topological polar surface area (TPSA) is 92.9 Å². The number of nitro groups is 1. The molecule has 0 spiro atoms. The number of nitro benzene ring substituents is 1. The van der Waals surface area contributed by atoms with Gasteiger partial charge in [-0.25, -0.2) is 4.79 Å². The number of nitrogens with zero attached hydrogens (tertiary/aromatic N) is 2. The highest BCUT2D eigenvalue weighted by atomic mass is 16.6. The van der Waals surface area contributed by atoms with Gasteiger partial charge in [0, 0.05) is 24.8 Å². The molecule has 0 radical (unpaired) electrons. The number of carboxylic acid groups (broad SMARTS) is 1. The molecule has 1 saturated heterocycles. The van der Waals surface area contributed by atoms with E-state index in [2.05, 4.69) is 0 Å². The van der Waals surface area contributed by atoms with Crippen LogP contribution < -0.4 is 4.90 Å². The standard InChI is InChI=1S/C14H18N2O5/c1-8-6-15(7-9(2)21-8)12-4-11(14(17)18)5-13(10(12)3)16(19)20/h4-5,8-9H,6-7H2,1-3H3,(H,17,18)/t8-,9+. The maximum Gasteiger partial charge on any atom is 0.336 e. The van der Waals surface area contributed by atoms with Crippen molar-refractivity contribution in [3.05, 3.63) is 33.4 Å². The number of carboxylic acids is 1. The Kier molecular flexibility index (Phi) is 4.13. The van der Waals surface area contributed by atoms with Gasteiger partial charge < -0.3 is 14.7 Å². The van der Waals surface area contributed by atoms with Crippen LogP contribution in [0.25, 0.3) is 0 Å². The Hall–Kier alpha value is -2.15. The van der Waals surface area contributed by atoms with Crippen molar-refractivity contribution in [1.29, 1.82) is 0 Å². The highest BCUT2D eigenvalue weighted by Crippen LogP contribution is 2.32. The van der Waals surface area contributed by atoms with Gasteiger partial charge in [-0.05, 0) is 26.8 Å². The third-order valence-corrected chi connectivity index (χ3v) is 3.56. The molecule has 21 heavy (non-hydrogen) atoms. The maximum absolute atomic E-state index is 11.2. The van der Waals surface area contributed by atoms with Crippen LogP contribution in [0.4, 0.5) is 11.4 Å². The average molecular weight is 294 g/mol. The molecule has 2 rings (SSSR count). The smallest absolute Gasteiger partial charge is 0.336 e. The summed E-state index contributed by atoms with van der Waals surface area (Å²) in [5, 5.41) is 20.3. The molecule has 0 aliphatic carbocycles. The zero-order chi connectivity index (χ0) is 15.7. The van der Waals surface area contributed by atoms with Crippen molar-refractivity contribution in [2.75, 3.05) is 18.0 Å². The molecule has 114 valence electrons. The van der Waals surface area contributed by atoms with E-state index in [0.717, 1.165) is 6.07 Å². The van der Waals surface area contributed by atoms with Crippen molar-refractivity contribution in [2.45, 2.75) is 33.0 Å². The normalized spacial score (nSPS) is 22.1. The fourth-order valence-electron chi connectivity index (χ4n) is 2.70. The molecule has 1 heterocycles. The SMILES string of the molecule is Cc1c(N2C[C@@H](C)O[C@@H](C)C2)cc(C(=O)O)cc1[N+](=O)[O-]. The molecule has 1 aromatic rings. The van der Waals surface area contributed by atoms with Gasteiger partial charge in [-0.1, -0.05) is 0 Å². The van der Waals surface area contributed by atoms with E-state index in [4.69, 9.17) is 9.84 Å². The summed E-state index contributed by atoms with van der Waals surface area (Å²) in [7, 11) is 0. The zero-order valence-electron chi connectivity index (χ0n) is 12.2. The van der Waals surface area contributed by atoms with Crippen molar-refractivity contribution < 1.29 is 19.6 Å². The van der Waals surface area contributed by atoms with Gasteiger partial charge in [-0.2, -0.15) is 0 Å². The summed E-state index contributed by atoms with van der Waals surface area (Å²) in [6, 6.07) is 2.60. The fourth-order valence-corrected chi connectivity index (χ4v) is 2.70. The molecule has 0 aromatic heterocycles. The van der Waals surface area contributed by atoms with Crippen molar-refractivity contribution in [1.82, 2.24) is 0 Å². The lowest BCUT2D eigenvalue weighted by Gasteiger charge is -2.37. The molecule has 1 aliphatic heterocycles. The lowest BCUT2D eigenvalue weighted by molar-refractivity contribution is -0.385. The molecule has 7 nitrogen and oxygen atoms in total. The van der Waals surface area contributed by atoms with Crippen LogP contribution in [-0.2, 0) is 4.74 Å². The highest BCUT2D eigenvalue weighted by molar-refractivity contribution is 5.90. The van der Waals surface area contributed by atoms with Gasteiger partial charge in [-0.3, -0.25) is 10.1 Å². The van der Waals surface area contributed by atoms with E-state index >= 15 is 0 Å². The largest absolute Gasteiger partial charge is 0.478 e. The number of rotatable bonds is 3. The number of aromatic carboxylic acids is 1. The van der Waals surface area contributed by atoms with Gasteiger partial charge >= 0.3 is 5.97 Å². The van der Waals surface area contributed by atoms with Crippen LogP contribution in [0.15, 0.2) is 12.1 Å². The molecule has 1 aliphatic rings. The van der Waals surface area contributed by atoms with E-state index in [1.807, 2.05) is 18.7 Å². The Bertz CT molecular complexity index is 577. The first-order valence-electron chi connectivity index (χ1n) is 6.72. The van der Waals surface area contributed by atoms with E-state index in [1.54, 1.807) is 6.92 Å². The van der Waals surface area contributed by atoms with Crippen molar-refractivity contribution >= 4 is 17.3 Å². The van der Waals surface area contributed by atoms with Crippen LogP contribution in [0, 0.1) is 17.0 Å². The Morgan fingerprint density at radius 1 is 1.38 bits per heavy atom. The summed E-state index contributed by atoms with van der Waals surface area (Å²) in [5.41, 5.74) is 0.820. The van der Waals surface area contributed by atoms with Gasteiger partial charge in [0.25, 0.3) is 5.69 Å². The molecule has 0 unspecified atom stereocenters. The predicted octanol–water partition coefficient (Wildman–Crippen LogP) is 2.22. The molecule has 1 N–H and O–H groups in total. The van der Waals surface area contributed by atoms with E-state index in [9.17, 15) is 14.9 Å². The van der Waals surface area contributed by atoms with Crippen LogP contribution in [0.2, 0.25) is 0 Å². The minimum absolute atomic E-state index is 0.0132. The number of anilines is 1. The number of hydrogen-bond acceptors (Lipinski definition) is 5. The Morgan fingerprint density at radius 3 is 2.43 bits per heavy atom. The molecule has 1 aromatic carbocycles. The Morgan fingerprint density at radius 2 is 1.95 bits per heavy atom. The van der Waals surface area contributed by atoms with Crippen LogP contribution in [0.5, 0.6) is 0 Å². The second-order valence-electron chi connectivity index (χ2n) is 5.36. The number of morpholine rings is 1. The molecular formula is C14H18N2O5. The van der Waals surface area contributed by atoms with Crippen molar-refractivity contribution in [3.63, 3.8) is 0 Å². The summed E-state index contributed by atoms with van der Waals surface area (Å²) in [4.78, 5) is 23.7. The molecule has 0 bridgehead atoms. The molecule has 0 saturated carbocycles. The first-order chi connectivity index (χ1) is 9.79. The summed E-state index contributed by atoms with van der Waals surface area (Å²) >= 11 is 0. The monoisotopic (exact) mass is 294 g/mol. The lowest BCUT2D eigenvalue weighted by atomic mass is 10.0. The van der Waals surface area contributed by atoms with Crippen LogP contribution >= 0.6 is 0 Å². The zero-order valence-corrected chi connectivity index (χ0v) is 12.2. The summed E-state index contributed by atoms with van der Waals surface area (Å²) in [6.45, 7) is 6.64. The van der Waals surface area contributed by atoms with Gasteiger partial charge in [-0.15, -0.1) is 0 Å². The first kappa shape index (κ1) is 15.2. The summed E-state index contributed by atoms with van der Waals surface area (Å²) < 4.78 is 5.64. The summed E-state index contributed by atoms with van der Waals surface area (Å²) in [6.07, 6.45) is -0.0265. The molecular weight excluding hydrogens is 276 g/mol. The second kappa shape index (κ2) is 5.69. The number of ether oxygens (including phenoxy) is 1. The van der Waals surface area contributed by atoms with Crippen LogP contribution in [-0.4, -0.2) is 41.3 Å². The lowest BCUT2D eigenvalue weighted by Crippen LogP contribution is -2.45. The Balaban J connectivity index is 2.51. The number of hydrogen-bond donors (Lipinski definition) is 1. The van der Waals surface area contributed by atoms with Gasteiger partial charge in [0.1, 0.15) is 0 Å². The fraction of sp³-hybridized carbons (Fsp3) is 0.500. The van der Waals surface area contributed by atoms with Crippen molar-refractivity contribution in [2.24, 2.45) is 0 Å². The quantitative estimate of drug-likeness (QED) is 0.678. The first-order valence-corrected chi connectivity index (χ1v) is 6.72.